The van der Waals surface area contributed by atoms with Gasteiger partial charge in [0.05, 0.1) is 5.56 Å². The van der Waals surface area contributed by atoms with E-state index in [4.69, 9.17) is 10.9 Å². The molecule has 0 radical (unpaired) electrons. The quantitative estimate of drug-likeness (QED) is 0.363. The van der Waals surface area contributed by atoms with Gasteiger partial charge in [0.2, 0.25) is 0 Å². The Morgan fingerprint density at radius 2 is 2.21 bits per heavy atom. The molecule has 0 amide bonds. The fraction of sp³-hybridized carbons (Fsp3) is 0.538. The lowest BCUT2D eigenvalue weighted by atomic mass is 10.0. The highest BCUT2D eigenvalue weighted by atomic mass is 16.4. The number of hydrogen-bond donors (Lipinski definition) is 2. The number of nitrogens with two attached hydrogens (primary N) is 1. The van der Waals surface area contributed by atoms with Gasteiger partial charge in [-0.3, -0.25) is 0 Å². The first-order valence-corrected chi connectivity index (χ1v) is 6.47. The number of amidine groups is 1. The topological polar surface area (TPSA) is 78.0 Å². The first-order chi connectivity index (χ1) is 9.13. The molecule has 1 aromatic heterocycles. The van der Waals surface area contributed by atoms with Crippen LogP contribution in [0.15, 0.2) is 23.5 Å². The minimum absolute atomic E-state index is 0.0999. The summed E-state index contributed by atoms with van der Waals surface area (Å²) in [6.07, 6.45) is 3.92. The molecule has 1 aliphatic rings. The van der Waals surface area contributed by atoms with Crippen LogP contribution in [0.3, 0.4) is 0 Å². The highest BCUT2D eigenvalue weighted by Gasteiger charge is 2.23. The molecule has 19 heavy (non-hydrogen) atoms. The summed E-state index contributed by atoms with van der Waals surface area (Å²) in [5.41, 5.74) is 6.38. The zero-order valence-corrected chi connectivity index (χ0v) is 11.5. The molecule has 1 fully saturated rings. The zero-order valence-electron chi connectivity index (χ0n) is 11.5. The molecule has 6 heteroatoms. The molecular weight excluding hydrogens is 242 g/mol. The molecule has 2 heterocycles. The highest BCUT2D eigenvalue weighted by molar-refractivity contribution is 6.01. The van der Waals surface area contributed by atoms with Crippen molar-refractivity contribution >= 4 is 11.7 Å². The van der Waals surface area contributed by atoms with Gasteiger partial charge in [0.1, 0.15) is 5.82 Å². The minimum Gasteiger partial charge on any atom is -0.409 e. The molecule has 0 atom stereocenters. The molecule has 104 valence electrons. The molecule has 0 unspecified atom stereocenters. The second kappa shape index (κ2) is 5.88. The highest BCUT2D eigenvalue weighted by Crippen LogP contribution is 2.22. The number of aromatic nitrogens is 1. The standard InChI is InChI=1S/C13H21N5O/c1-17-8-5-10(6-9-17)18(2)13-11(12(14)16-19)4-3-7-15-13/h3-4,7,10,19H,5-6,8-9H2,1-2H3,(H2,14,16). The third-order valence-electron chi connectivity index (χ3n) is 3.74. The second-order valence-electron chi connectivity index (χ2n) is 5.01. The van der Waals surface area contributed by atoms with Crippen LogP contribution in [0.1, 0.15) is 18.4 Å². The summed E-state index contributed by atoms with van der Waals surface area (Å²) >= 11 is 0. The van der Waals surface area contributed by atoms with Gasteiger partial charge >= 0.3 is 0 Å². The van der Waals surface area contributed by atoms with Gasteiger partial charge < -0.3 is 20.7 Å². The average Bonchev–Trinajstić information content (AvgIpc) is 2.46. The van der Waals surface area contributed by atoms with Gasteiger partial charge in [-0.2, -0.15) is 0 Å². The minimum atomic E-state index is 0.0999. The van der Waals surface area contributed by atoms with Crippen LogP contribution in [0, 0.1) is 0 Å². The number of piperidine rings is 1. The van der Waals surface area contributed by atoms with Crippen molar-refractivity contribution in [3.05, 3.63) is 23.9 Å². The molecule has 1 aromatic rings. The van der Waals surface area contributed by atoms with Crippen LogP contribution in [0.5, 0.6) is 0 Å². The lowest BCUT2D eigenvalue weighted by molar-refractivity contribution is 0.252. The molecular formula is C13H21N5O. The van der Waals surface area contributed by atoms with E-state index in [9.17, 15) is 0 Å². The molecule has 0 aromatic carbocycles. The smallest absolute Gasteiger partial charge is 0.173 e. The molecule has 2 rings (SSSR count). The van der Waals surface area contributed by atoms with Crippen LogP contribution in [0.25, 0.3) is 0 Å². The van der Waals surface area contributed by atoms with Crippen molar-refractivity contribution in [2.75, 3.05) is 32.1 Å². The van der Waals surface area contributed by atoms with Gasteiger partial charge in [0, 0.05) is 19.3 Å². The van der Waals surface area contributed by atoms with Crippen molar-refractivity contribution in [1.82, 2.24) is 9.88 Å². The van der Waals surface area contributed by atoms with Crippen molar-refractivity contribution < 1.29 is 5.21 Å². The second-order valence-corrected chi connectivity index (χ2v) is 5.01. The molecule has 6 nitrogen and oxygen atoms in total. The van der Waals surface area contributed by atoms with Crippen molar-refractivity contribution in [1.29, 1.82) is 0 Å². The maximum absolute atomic E-state index is 8.85. The van der Waals surface area contributed by atoms with Gasteiger partial charge in [0.15, 0.2) is 5.84 Å². The first-order valence-electron chi connectivity index (χ1n) is 6.47. The molecule has 0 bridgehead atoms. The van der Waals surface area contributed by atoms with E-state index in [0.29, 0.717) is 11.6 Å². The van der Waals surface area contributed by atoms with Gasteiger partial charge in [0.25, 0.3) is 0 Å². The first kappa shape index (κ1) is 13.6. The van der Waals surface area contributed by atoms with Crippen LogP contribution in [0.2, 0.25) is 0 Å². The van der Waals surface area contributed by atoms with E-state index in [2.05, 4.69) is 27.0 Å². The largest absolute Gasteiger partial charge is 0.409 e. The molecule has 1 aliphatic heterocycles. The van der Waals surface area contributed by atoms with Gasteiger partial charge in [-0.1, -0.05) is 5.16 Å². The molecule has 0 aliphatic carbocycles. The summed E-state index contributed by atoms with van der Waals surface area (Å²) < 4.78 is 0. The van der Waals surface area contributed by atoms with Crippen LogP contribution in [-0.2, 0) is 0 Å². The lowest BCUT2D eigenvalue weighted by Crippen LogP contribution is -2.43. The number of nitrogens with zero attached hydrogens (tertiary/aromatic N) is 4. The monoisotopic (exact) mass is 263 g/mol. The Bertz CT molecular complexity index is 454. The van der Waals surface area contributed by atoms with Gasteiger partial charge in [-0.05, 0) is 45.1 Å². The summed E-state index contributed by atoms with van der Waals surface area (Å²) in [6.45, 7) is 2.17. The van der Waals surface area contributed by atoms with Crippen molar-refractivity contribution in [2.24, 2.45) is 10.9 Å². The Labute approximate surface area is 113 Å². The number of rotatable bonds is 3. The third-order valence-corrected chi connectivity index (χ3v) is 3.74. The number of oxime groups is 1. The Morgan fingerprint density at radius 1 is 1.53 bits per heavy atom. The number of anilines is 1. The lowest BCUT2D eigenvalue weighted by Gasteiger charge is -2.36. The van der Waals surface area contributed by atoms with Crippen LogP contribution in [-0.4, -0.2) is 54.2 Å². The van der Waals surface area contributed by atoms with Crippen molar-refractivity contribution in [2.45, 2.75) is 18.9 Å². The average molecular weight is 263 g/mol. The van der Waals surface area contributed by atoms with Crippen LogP contribution < -0.4 is 10.6 Å². The SMILES string of the molecule is CN1CCC(N(C)c2ncccc2/C(N)=N/O)CC1. The summed E-state index contributed by atoms with van der Waals surface area (Å²) in [6, 6.07) is 4.05. The number of likely N-dealkylation sites (tertiary alicyclic amines) is 1. The number of pyridine rings is 1. The maximum Gasteiger partial charge on any atom is 0.173 e. The molecule has 3 N–H and O–H groups in total. The summed E-state index contributed by atoms with van der Waals surface area (Å²) in [5, 5.41) is 11.9. The fourth-order valence-corrected chi connectivity index (χ4v) is 2.49. The van der Waals surface area contributed by atoms with E-state index in [0.717, 1.165) is 31.7 Å². The summed E-state index contributed by atoms with van der Waals surface area (Å²) in [7, 11) is 4.16. The summed E-state index contributed by atoms with van der Waals surface area (Å²) in [4.78, 5) is 8.85. The predicted molar refractivity (Wildman–Crippen MR) is 75.7 cm³/mol. The van der Waals surface area contributed by atoms with E-state index in [-0.39, 0.29) is 5.84 Å². The summed E-state index contributed by atoms with van der Waals surface area (Å²) in [5.74, 6) is 0.871. The maximum atomic E-state index is 8.85. The number of hydrogen-bond acceptors (Lipinski definition) is 5. The Morgan fingerprint density at radius 3 is 2.84 bits per heavy atom. The van der Waals surface area contributed by atoms with Crippen molar-refractivity contribution in [3.8, 4) is 0 Å². The Kier molecular flexibility index (Phi) is 4.21. The van der Waals surface area contributed by atoms with Crippen LogP contribution >= 0.6 is 0 Å². The van der Waals surface area contributed by atoms with E-state index in [1.165, 1.54) is 0 Å². The normalized spacial score (nSPS) is 18.5. The Hall–Kier alpha value is -1.82. The van der Waals surface area contributed by atoms with E-state index < -0.39 is 0 Å². The predicted octanol–water partition coefficient (Wildman–Crippen LogP) is 0.707. The van der Waals surface area contributed by atoms with Crippen molar-refractivity contribution in [3.63, 3.8) is 0 Å². The molecule has 0 spiro atoms. The fourth-order valence-electron chi connectivity index (χ4n) is 2.49. The third kappa shape index (κ3) is 2.96. The zero-order chi connectivity index (χ0) is 13.8. The van der Waals surface area contributed by atoms with E-state index >= 15 is 0 Å². The van der Waals surface area contributed by atoms with E-state index in [1.54, 1.807) is 12.3 Å². The van der Waals surface area contributed by atoms with E-state index in [1.807, 2.05) is 13.1 Å². The molecule has 0 saturated carbocycles. The van der Waals surface area contributed by atoms with Gasteiger partial charge in [-0.25, -0.2) is 4.98 Å². The Balaban J connectivity index is 2.21. The van der Waals surface area contributed by atoms with Gasteiger partial charge in [-0.15, -0.1) is 0 Å². The van der Waals surface area contributed by atoms with Crippen LogP contribution in [0.4, 0.5) is 5.82 Å². The molecule has 1 saturated heterocycles.